The molecule has 0 radical (unpaired) electrons. The fourth-order valence-electron chi connectivity index (χ4n) is 3.40. The number of carbonyl (C=O) groups is 1. The minimum atomic E-state index is -0.00700. The van der Waals surface area contributed by atoms with Crippen LogP contribution in [-0.4, -0.2) is 50.2 Å². The second kappa shape index (κ2) is 6.00. The molecule has 2 fully saturated rings. The van der Waals surface area contributed by atoms with Crippen molar-refractivity contribution in [1.29, 1.82) is 0 Å². The highest BCUT2D eigenvalue weighted by atomic mass is 16.5. The van der Waals surface area contributed by atoms with Crippen LogP contribution in [0.2, 0.25) is 0 Å². The van der Waals surface area contributed by atoms with Crippen LogP contribution in [0.3, 0.4) is 0 Å². The van der Waals surface area contributed by atoms with Gasteiger partial charge in [-0.1, -0.05) is 0 Å². The summed E-state index contributed by atoms with van der Waals surface area (Å²) in [5.41, 5.74) is 1.49. The van der Waals surface area contributed by atoms with Gasteiger partial charge in [0.2, 0.25) is 0 Å². The number of aromatic nitrogens is 4. The number of hydrogen-bond donors (Lipinski definition) is 0. The number of likely N-dealkylation sites (tertiary alicyclic amines) is 1. The van der Waals surface area contributed by atoms with Gasteiger partial charge in [0, 0.05) is 19.3 Å². The van der Waals surface area contributed by atoms with E-state index in [1.807, 2.05) is 11.0 Å². The molecule has 0 N–H and O–H groups in total. The molecular formula is C16H17N5O2. The summed E-state index contributed by atoms with van der Waals surface area (Å²) in [7, 11) is 0. The van der Waals surface area contributed by atoms with E-state index in [0.717, 1.165) is 25.1 Å². The molecule has 2 aliphatic heterocycles. The van der Waals surface area contributed by atoms with Gasteiger partial charge < -0.3 is 9.64 Å². The predicted octanol–water partition coefficient (Wildman–Crippen LogP) is 1.26. The van der Waals surface area contributed by atoms with Crippen LogP contribution in [0.4, 0.5) is 0 Å². The molecule has 3 atom stereocenters. The maximum Gasteiger partial charge on any atom is 0.255 e. The maximum atomic E-state index is 12.5. The normalized spacial score (nSPS) is 26.8. The summed E-state index contributed by atoms with van der Waals surface area (Å²) < 4.78 is 6.16. The van der Waals surface area contributed by atoms with Gasteiger partial charge in [0.15, 0.2) is 0 Å². The van der Waals surface area contributed by atoms with Crippen molar-refractivity contribution in [3.8, 4) is 0 Å². The Morgan fingerprint density at radius 2 is 2.22 bits per heavy atom. The number of ether oxygens (including phenoxy) is 1. The lowest BCUT2D eigenvalue weighted by Crippen LogP contribution is -2.45. The third-order valence-electron chi connectivity index (χ3n) is 4.60. The van der Waals surface area contributed by atoms with E-state index in [-0.39, 0.29) is 18.1 Å². The molecule has 2 aliphatic rings. The monoisotopic (exact) mass is 311 g/mol. The van der Waals surface area contributed by atoms with E-state index >= 15 is 0 Å². The Morgan fingerprint density at radius 3 is 3.00 bits per heavy atom. The Labute approximate surface area is 133 Å². The molecule has 2 aromatic heterocycles. The van der Waals surface area contributed by atoms with Crippen molar-refractivity contribution in [2.75, 3.05) is 13.1 Å². The summed E-state index contributed by atoms with van der Waals surface area (Å²) in [6.45, 7) is 1.37. The van der Waals surface area contributed by atoms with Crippen LogP contribution >= 0.6 is 0 Å². The highest BCUT2D eigenvalue weighted by Crippen LogP contribution is 2.40. The molecule has 4 heterocycles. The standard InChI is InChI=1S/C16H17N5O2/c22-16(12-1-5-19-20-8-12)21-6-3-11-7-14(23-15(11)9-21)13-2-4-17-10-18-13/h1-2,4-5,8,10-11,14-15H,3,6-7,9H2/t11-,14+,15+/m0/s1. The van der Waals surface area contributed by atoms with Crippen molar-refractivity contribution in [2.24, 2.45) is 5.92 Å². The number of fused-ring (bicyclic) bond motifs is 1. The molecule has 1 amide bonds. The van der Waals surface area contributed by atoms with E-state index in [1.54, 1.807) is 18.6 Å². The van der Waals surface area contributed by atoms with E-state index < -0.39 is 0 Å². The maximum absolute atomic E-state index is 12.5. The van der Waals surface area contributed by atoms with E-state index in [2.05, 4.69) is 20.2 Å². The van der Waals surface area contributed by atoms with E-state index in [0.29, 0.717) is 18.0 Å². The van der Waals surface area contributed by atoms with Gasteiger partial charge in [-0.15, -0.1) is 0 Å². The molecule has 0 aliphatic carbocycles. The van der Waals surface area contributed by atoms with Crippen molar-refractivity contribution >= 4 is 5.91 Å². The molecule has 4 rings (SSSR count). The summed E-state index contributed by atoms with van der Waals surface area (Å²) >= 11 is 0. The molecular weight excluding hydrogens is 294 g/mol. The van der Waals surface area contributed by atoms with Gasteiger partial charge >= 0.3 is 0 Å². The van der Waals surface area contributed by atoms with Crippen LogP contribution < -0.4 is 0 Å². The number of amides is 1. The van der Waals surface area contributed by atoms with E-state index in [4.69, 9.17) is 4.74 Å². The van der Waals surface area contributed by atoms with Crippen LogP contribution in [0.15, 0.2) is 37.1 Å². The highest BCUT2D eigenvalue weighted by Gasteiger charge is 2.41. The SMILES string of the molecule is O=C(c1ccnnc1)N1CC[C@H]2C[C@H](c3ccncn3)O[C@@H]2C1. The molecule has 2 saturated heterocycles. The average Bonchev–Trinajstić information content (AvgIpc) is 3.06. The van der Waals surface area contributed by atoms with Gasteiger partial charge in [-0.3, -0.25) is 4.79 Å². The molecule has 2 aromatic rings. The van der Waals surface area contributed by atoms with Crippen molar-refractivity contribution in [3.63, 3.8) is 0 Å². The summed E-state index contributed by atoms with van der Waals surface area (Å²) in [6, 6.07) is 3.59. The average molecular weight is 311 g/mol. The van der Waals surface area contributed by atoms with Crippen LogP contribution in [0.25, 0.3) is 0 Å². The Hall–Kier alpha value is -2.41. The van der Waals surface area contributed by atoms with Crippen LogP contribution in [0.1, 0.15) is 35.0 Å². The molecule has 7 nitrogen and oxygen atoms in total. The lowest BCUT2D eigenvalue weighted by molar-refractivity contribution is -0.00566. The first kappa shape index (κ1) is 14.2. The van der Waals surface area contributed by atoms with Crippen LogP contribution in [-0.2, 0) is 4.74 Å². The Bertz CT molecular complexity index is 681. The molecule has 118 valence electrons. The zero-order valence-corrected chi connectivity index (χ0v) is 12.6. The number of rotatable bonds is 2. The van der Waals surface area contributed by atoms with Gasteiger partial charge in [0.1, 0.15) is 12.4 Å². The summed E-state index contributed by atoms with van der Waals surface area (Å²) in [4.78, 5) is 22.6. The summed E-state index contributed by atoms with van der Waals surface area (Å²) in [5, 5.41) is 7.49. The number of piperidine rings is 1. The van der Waals surface area contributed by atoms with Crippen molar-refractivity contribution in [3.05, 3.63) is 48.3 Å². The quantitative estimate of drug-likeness (QED) is 0.830. The Morgan fingerprint density at radius 1 is 1.26 bits per heavy atom. The molecule has 0 aromatic carbocycles. The number of hydrogen-bond acceptors (Lipinski definition) is 6. The fourth-order valence-corrected chi connectivity index (χ4v) is 3.40. The summed E-state index contributed by atoms with van der Waals surface area (Å²) in [5.74, 6) is 0.474. The van der Waals surface area contributed by atoms with Crippen molar-refractivity contribution in [1.82, 2.24) is 25.1 Å². The van der Waals surface area contributed by atoms with Gasteiger partial charge in [0.25, 0.3) is 5.91 Å². The highest BCUT2D eigenvalue weighted by molar-refractivity contribution is 5.93. The zero-order valence-electron chi connectivity index (χ0n) is 12.6. The smallest absolute Gasteiger partial charge is 0.255 e. The largest absolute Gasteiger partial charge is 0.367 e. The number of nitrogens with zero attached hydrogens (tertiary/aromatic N) is 5. The molecule has 0 spiro atoms. The van der Waals surface area contributed by atoms with Crippen LogP contribution in [0.5, 0.6) is 0 Å². The lowest BCUT2D eigenvalue weighted by atomic mass is 9.91. The minimum Gasteiger partial charge on any atom is -0.367 e. The second-order valence-electron chi connectivity index (χ2n) is 5.96. The van der Waals surface area contributed by atoms with E-state index in [1.165, 1.54) is 12.4 Å². The first-order valence-electron chi connectivity index (χ1n) is 7.78. The molecule has 7 heteroatoms. The van der Waals surface area contributed by atoms with Gasteiger partial charge in [-0.05, 0) is 30.9 Å². The van der Waals surface area contributed by atoms with E-state index in [9.17, 15) is 4.79 Å². The van der Waals surface area contributed by atoms with Crippen LogP contribution in [0, 0.1) is 5.92 Å². The van der Waals surface area contributed by atoms with Gasteiger partial charge in [0.05, 0.1) is 29.8 Å². The first-order chi connectivity index (χ1) is 11.3. The Kier molecular flexibility index (Phi) is 3.70. The first-order valence-corrected chi connectivity index (χ1v) is 7.78. The molecule has 0 saturated carbocycles. The molecule has 23 heavy (non-hydrogen) atoms. The topological polar surface area (TPSA) is 81.1 Å². The predicted molar refractivity (Wildman–Crippen MR) is 80.3 cm³/mol. The Balaban J connectivity index is 1.45. The minimum absolute atomic E-state index is 0.00523. The number of carbonyl (C=O) groups excluding carboxylic acids is 1. The summed E-state index contributed by atoms with van der Waals surface area (Å²) in [6.07, 6.45) is 8.32. The fraction of sp³-hybridized carbons (Fsp3) is 0.438. The van der Waals surface area contributed by atoms with Gasteiger partial charge in [-0.2, -0.15) is 10.2 Å². The second-order valence-corrected chi connectivity index (χ2v) is 5.96. The zero-order chi connectivity index (χ0) is 15.6. The van der Waals surface area contributed by atoms with Crippen molar-refractivity contribution in [2.45, 2.75) is 25.0 Å². The lowest BCUT2D eigenvalue weighted by Gasteiger charge is -2.34. The third kappa shape index (κ3) is 2.79. The van der Waals surface area contributed by atoms with Crippen molar-refractivity contribution < 1.29 is 9.53 Å². The molecule has 0 bridgehead atoms. The third-order valence-corrected chi connectivity index (χ3v) is 4.60. The van der Waals surface area contributed by atoms with Gasteiger partial charge in [-0.25, -0.2) is 9.97 Å². The molecule has 0 unspecified atom stereocenters.